The highest BCUT2D eigenvalue weighted by Gasteiger charge is 1.95. The second-order valence-electron chi connectivity index (χ2n) is 2.54. The molecular formula is C7H18N2O. The van der Waals surface area contributed by atoms with Gasteiger partial charge in [-0.25, -0.2) is 0 Å². The second kappa shape index (κ2) is 6.99. The fraction of sp³-hybridized carbons (Fsp3) is 1.00. The van der Waals surface area contributed by atoms with Crippen molar-refractivity contribution in [1.29, 1.82) is 0 Å². The Hall–Kier alpha value is -0.120. The molecule has 10 heavy (non-hydrogen) atoms. The SMILES string of the molecule is C1CCC1.NCC(O)CN. The lowest BCUT2D eigenvalue weighted by Gasteiger charge is -2.05. The number of rotatable bonds is 2. The molecule has 62 valence electrons. The zero-order valence-electron chi connectivity index (χ0n) is 6.42. The zero-order chi connectivity index (χ0) is 7.82. The van der Waals surface area contributed by atoms with Crippen LogP contribution in [-0.2, 0) is 0 Å². The van der Waals surface area contributed by atoms with E-state index in [1.165, 1.54) is 25.7 Å². The Labute approximate surface area is 62.4 Å². The first kappa shape index (κ1) is 9.88. The monoisotopic (exact) mass is 146 g/mol. The maximum atomic E-state index is 8.42. The molecule has 1 aliphatic rings. The van der Waals surface area contributed by atoms with Crippen molar-refractivity contribution in [3.8, 4) is 0 Å². The first-order valence-corrected chi connectivity index (χ1v) is 3.89. The van der Waals surface area contributed by atoms with Crippen LogP contribution in [0.2, 0.25) is 0 Å². The summed E-state index contributed by atoms with van der Waals surface area (Å²) in [6.07, 6.45) is 5.49. The number of nitrogens with two attached hydrogens (primary N) is 2. The molecule has 0 bridgehead atoms. The van der Waals surface area contributed by atoms with Crippen molar-refractivity contribution in [3.05, 3.63) is 0 Å². The van der Waals surface area contributed by atoms with Gasteiger partial charge in [-0.05, 0) is 0 Å². The van der Waals surface area contributed by atoms with Crippen molar-refractivity contribution in [2.24, 2.45) is 11.5 Å². The fourth-order valence-electron chi connectivity index (χ4n) is 0.346. The molecule has 0 radical (unpaired) electrons. The Morgan fingerprint density at radius 1 is 1.00 bits per heavy atom. The zero-order valence-corrected chi connectivity index (χ0v) is 6.42. The highest BCUT2D eigenvalue weighted by Crippen LogP contribution is 2.15. The molecule has 5 N–H and O–H groups in total. The first-order valence-electron chi connectivity index (χ1n) is 3.89. The molecule has 3 nitrogen and oxygen atoms in total. The third-order valence-corrected chi connectivity index (χ3v) is 1.54. The van der Waals surface area contributed by atoms with Gasteiger partial charge in [0.1, 0.15) is 0 Å². The van der Waals surface area contributed by atoms with E-state index in [9.17, 15) is 0 Å². The van der Waals surface area contributed by atoms with Crippen LogP contribution < -0.4 is 11.5 Å². The third-order valence-electron chi connectivity index (χ3n) is 1.54. The van der Waals surface area contributed by atoms with Crippen molar-refractivity contribution < 1.29 is 5.11 Å². The molecule has 0 aromatic rings. The van der Waals surface area contributed by atoms with Crippen molar-refractivity contribution in [3.63, 3.8) is 0 Å². The quantitative estimate of drug-likeness (QED) is 0.506. The van der Waals surface area contributed by atoms with Crippen molar-refractivity contribution in [2.45, 2.75) is 31.8 Å². The van der Waals surface area contributed by atoms with Gasteiger partial charge in [0.15, 0.2) is 0 Å². The predicted octanol–water partition coefficient (Wildman–Crippen LogP) is -0.175. The minimum absolute atomic E-state index is 0.260. The van der Waals surface area contributed by atoms with Gasteiger partial charge < -0.3 is 16.6 Å². The van der Waals surface area contributed by atoms with Crippen LogP contribution in [0, 0.1) is 0 Å². The summed E-state index contributed by atoms with van der Waals surface area (Å²) in [4.78, 5) is 0. The summed E-state index contributed by atoms with van der Waals surface area (Å²) in [5.41, 5.74) is 9.91. The van der Waals surface area contributed by atoms with Gasteiger partial charge in [0.05, 0.1) is 6.10 Å². The van der Waals surface area contributed by atoms with Crippen LogP contribution in [0.1, 0.15) is 25.7 Å². The van der Waals surface area contributed by atoms with Gasteiger partial charge in [0.2, 0.25) is 0 Å². The minimum atomic E-state index is -0.509. The van der Waals surface area contributed by atoms with E-state index >= 15 is 0 Å². The Morgan fingerprint density at radius 3 is 1.30 bits per heavy atom. The van der Waals surface area contributed by atoms with Crippen LogP contribution in [0.25, 0.3) is 0 Å². The van der Waals surface area contributed by atoms with Gasteiger partial charge in [-0.2, -0.15) is 0 Å². The smallest absolute Gasteiger partial charge is 0.0784 e. The van der Waals surface area contributed by atoms with Crippen LogP contribution >= 0.6 is 0 Å². The summed E-state index contributed by atoms with van der Waals surface area (Å²) in [6, 6.07) is 0. The molecule has 1 rings (SSSR count). The fourth-order valence-corrected chi connectivity index (χ4v) is 0.346. The molecule has 0 aliphatic heterocycles. The predicted molar refractivity (Wildman–Crippen MR) is 42.6 cm³/mol. The Bertz CT molecular complexity index is 56.6. The summed E-state index contributed by atoms with van der Waals surface area (Å²) in [6.45, 7) is 0.521. The summed E-state index contributed by atoms with van der Waals surface area (Å²) >= 11 is 0. The lowest BCUT2D eigenvalue weighted by Crippen LogP contribution is -2.27. The molecular weight excluding hydrogens is 128 g/mol. The van der Waals surface area contributed by atoms with Gasteiger partial charge in [-0.1, -0.05) is 25.7 Å². The molecule has 1 saturated carbocycles. The van der Waals surface area contributed by atoms with Gasteiger partial charge in [-0.3, -0.25) is 0 Å². The molecule has 1 fully saturated rings. The van der Waals surface area contributed by atoms with E-state index in [1.54, 1.807) is 0 Å². The van der Waals surface area contributed by atoms with Crippen molar-refractivity contribution in [2.75, 3.05) is 13.1 Å². The number of hydrogen-bond donors (Lipinski definition) is 3. The summed E-state index contributed by atoms with van der Waals surface area (Å²) in [5, 5.41) is 8.42. The van der Waals surface area contributed by atoms with E-state index < -0.39 is 6.10 Å². The molecule has 0 saturated heterocycles. The molecule has 0 spiro atoms. The molecule has 0 aromatic heterocycles. The van der Waals surface area contributed by atoms with E-state index in [0.717, 1.165) is 0 Å². The van der Waals surface area contributed by atoms with Crippen molar-refractivity contribution in [1.82, 2.24) is 0 Å². The van der Waals surface area contributed by atoms with Crippen LogP contribution in [0.3, 0.4) is 0 Å². The number of aliphatic hydroxyl groups is 1. The van der Waals surface area contributed by atoms with E-state index in [2.05, 4.69) is 0 Å². The molecule has 0 unspecified atom stereocenters. The Kier molecular flexibility index (Phi) is 6.91. The highest BCUT2D eigenvalue weighted by atomic mass is 16.3. The van der Waals surface area contributed by atoms with E-state index in [1.807, 2.05) is 0 Å². The maximum Gasteiger partial charge on any atom is 0.0784 e. The van der Waals surface area contributed by atoms with Crippen LogP contribution in [0.15, 0.2) is 0 Å². The normalized spacial score (nSPS) is 15.6. The number of aliphatic hydroxyl groups excluding tert-OH is 1. The first-order chi connectivity index (χ1) is 4.81. The Balaban J connectivity index is 0.000000172. The van der Waals surface area contributed by atoms with E-state index in [4.69, 9.17) is 16.6 Å². The Morgan fingerprint density at radius 2 is 1.30 bits per heavy atom. The second-order valence-corrected chi connectivity index (χ2v) is 2.54. The summed E-state index contributed by atoms with van der Waals surface area (Å²) in [7, 11) is 0. The maximum absolute atomic E-state index is 8.42. The molecule has 0 heterocycles. The highest BCUT2D eigenvalue weighted by molar-refractivity contribution is 4.52. The van der Waals surface area contributed by atoms with Crippen LogP contribution in [0.5, 0.6) is 0 Å². The van der Waals surface area contributed by atoms with E-state index in [-0.39, 0.29) is 13.1 Å². The minimum Gasteiger partial charge on any atom is -0.390 e. The van der Waals surface area contributed by atoms with Crippen molar-refractivity contribution >= 4 is 0 Å². The largest absolute Gasteiger partial charge is 0.390 e. The molecule has 0 atom stereocenters. The van der Waals surface area contributed by atoms with Gasteiger partial charge in [0, 0.05) is 13.1 Å². The molecule has 0 amide bonds. The molecule has 3 heteroatoms. The standard InChI is InChI=1S/C4H8.C3H10N2O/c1-2-4-3-1;4-1-3(6)2-5/h1-4H2;3,6H,1-2,4-5H2. The molecule has 1 aliphatic carbocycles. The topological polar surface area (TPSA) is 72.3 Å². The van der Waals surface area contributed by atoms with Gasteiger partial charge >= 0.3 is 0 Å². The lowest BCUT2D eigenvalue weighted by atomic mass is 10.0. The molecule has 0 aromatic carbocycles. The average molecular weight is 146 g/mol. The summed E-state index contributed by atoms with van der Waals surface area (Å²) < 4.78 is 0. The number of hydrogen-bond acceptors (Lipinski definition) is 3. The van der Waals surface area contributed by atoms with Crippen LogP contribution in [0.4, 0.5) is 0 Å². The van der Waals surface area contributed by atoms with Crippen LogP contribution in [-0.4, -0.2) is 24.3 Å². The van der Waals surface area contributed by atoms with Gasteiger partial charge in [-0.15, -0.1) is 0 Å². The third kappa shape index (κ3) is 6.01. The van der Waals surface area contributed by atoms with Gasteiger partial charge in [0.25, 0.3) is 0 Å². The average Bonchev–Trinajstić information content (AvgIpc) is 1.83. The lowest BCUT2D eigenvalue weighted by molar-refractivity contribution is 0.191. The summed E-state index contributed by atoms with van der Waals surface area (Å²) in [5.74, 6) is 0. The van der Waals surface area contributed by atoms with E-state index in [0.29, 0.717) is 0 Å².